The second-order valence-electron chi connectivity index (χ2n) is 4.72. The summed E-state index contributed by atoms with van der Waals surface area (Å²) in [6.07, 6.45) is 1.29. The molecule has 0 aliphatic heterocycles. The quantitative estimate of drug-likeness (QED) is 0.677. The predicted molar refractivity (Wildman–Crippen MR) is 70.5 cm³/mol. The largest absolute Gasteiger partial charge is 0.444 e. The van der Waals surface area contributed by atoms with Gasteiger partial charge in [-0.05, 0) is 6.07 Å². The number of aromatic nitrogens is 1. The number of halogens is 2. The van der Waals surface area contributed by atoms with Crippen LogP contribution >= 0.6 is 0 Å². The van der Waals surface area contributed by atoms with Crippen molar-refractivity contribution in [2.24, 2.45) is 0 Å². The Morgan fingerprint density at radius 3 is 2.76 bits per heavy atom. The Hall–Kier alpha value is -2.35. The van der Waals surface area contributed by atoms with E-state index in [1.165, 1.54) is 6.26 Å². The normalized spacial score (nSPS) is 11.1. The zero-order valence-corrected chi connectivity index (χ0v) is 11.4. The second kappa shape index (κ2) is 5.96. The molecular formula is C13H13F2N3O3. The summed E-state index contributed by atoms with van der Waals surface area (Å²) < 4.78 is 32.4. The molecule has 21 heavy (non-hydrogen) atoms. The maximum absolute atomic E-state index is 14.0. The molecule has 6 nitrogen and oxygen atoms in total. The van der Waals surface area contributed by atoms with Crippen LogP contribution in [0.25, 0.3) is 11.5 Å². The Balaban J connectivity index is 2.36. The molecule has 0 atom stereocenters. The highest BCUT2D eigenvalue weighted by atomic mass is 19.1. The zero-order valence-electron chi connectivity index (χ0n) is 11.4. The molecule has 1 aromatic heterocycles. The molecule has 0 saturated carbocycles. The van der Waals surface area contributed by atoms with Gasteiger partial charge in [-0.2, -0.15) is 4.39 Å². The summed E-state index contributed by atoms with van der Waals surface area (Å²) in [6, 6.07) is 1.55. The van der Waals surface area contributed by atoms with Crippen molar-refractivity contribution in [1.29, 1.82) is 0 Å². The van der Waals surface area contributed by atoms with E-state index in [2.05, 4.69) is 10.3 Å². The van der Waals surface area contributed by atoms with Gasteiger partial charge in [0.2, 0.25) is 11.7 Å². The van der Waals surface area contributed by atoms with Gasteiger partial charge in [-0.3, -0.25) is 10.1 Å². The summed E-state index contributed by atoms with van der Waals surface area (Å²) in [7, 11) is 0. The minimum Gasteiger partial charge on any atom is -0.444 e. The highest BCUT2D eigenvalue weighted by molar-refractivity contribution is 5.59. The van der Waals surface area contributed by atoms with E-state index < -0.39 is 22.2 Å². The van der Waals surface area contributed by atoms with Gasteiger partial charge in [-0.15, -0.1) is 0 Å². The number of rotatable bonds is 5. The average Bonchev–Trinajstić information content (AvgIpc) is 2.87. The van der Waals surface area contributed by atoms with Crippen LogP contribution in [0.3, 0.4) is 0 Å². The topological polar surface area (TPSA) is 81.2 Å². The molecule has 0 fully saturated rings. The van der Waals surface area contributed by atoms with Crippen molar-refractivity contribution in [2.75, 3.05) is 0 Å². The Labute approximate surface area is 118 Å². The van der Waals surface area contributed by atoms with Gasteiger partial charge in [0, 0.05) is 12.6 Å². The summed E-state index contributed by atoms with van der Waals surface area (Å²) in [5.41, 5.74) is -0.840. The second-order valence-corrected chi connectivity index (χ2v) is 4.72. The van der Waals surface area contributed by atoms with E-state index in [1.807, 2.05) is 13.8 Å². The van der Waals surface area contributed by atoms with Gasteiger partial charge in [0.15, 0.2) is 0 Å². The summed E-state index contributed by atoms with van der Waals surface area (Å²) >= 11 is 0. The van der Waals surface area contributed by atoms with Gasteiger partial charge < -0.3 is 9.73 Å². The standard InChI is InChI=1S/C13H13F2N3O3/c1-7(2)16-5-9-6-21-13(17-9)10-3-8(14)4-11(12(10)15)18(19)20/h3-4,6-7,16H,5H2,1-2H3. The first-order chi connectivity index (χ1) is 9.88. The van der Waals surface area contributed by atoms with E-state index in [-0.39, 0.29) is 17.5 Å². The molecule has 0 bridgehead atoms. The molecule has 0 aliphatic rings. The molecule has 112 valence electrons. The Bertz CT molecular complexity index is 671. The van der Waals surface area contributed by atoms with Crippen LogP contribution in [-0.2, 0) is 6.54 Å². The first-order valence-corrected chi connectivity index (χ1v) is 6.20. The first-order valence-electron chi connectivity index (χ1n) is 6.20. The van der Waals surface area contributed by atoms with Crippen LogP contribution < -0.4 is 5.32 Å². The summed E-state index contributed by atoms with van der Waals surface area (Å²) in [6.45, 7) is 4.27. The van der Waals surface area contributed by atoms with E-state index in [4.69, 9.17) is 4.42 Å². The fourth-order valence-corrected chi connectivity index (χ4v) is 1.68. The molecule has 0 amide bonds. The number of benzene rings is 1. The fourth-order valence-electron chi connectivity index (χ4n) is 1.68. The third kappa shape index (κ3) is 3.40. The van der Waals surface area contributed by atoms with Crippen molar-refractivity contribution in [3.05, 3.63) is 45.8 Å². The summed E-state index contributed by atoms with van der Waals surface area (Å²) in [5, 5.41) is 13.8. The van der Waals surface area contributed by atoms with E-state index in [0.717, 1.165) is 6.07 Å². The minimum absolute atomic E-state index is 0.198. The van der Waals surface area contributed by atoms with Crippen LogP contribution in [0, 0.1) is 21.7 Å². The molecule has 0 spiro atoms. The number of nitro groups is 1. The lowest BCUT2D eigenvalue weighted by molar-refractivity contribution is -0.387. The Kier molecular flexibility index (Phi) is 4.27. The van der Waals surface area contributed by atoms with Gasteiger partial charge in [0.1, 0.15) is 12.1 Å². The van der Waals surface area contributed by atoms with E-state index in [0.29, 0.717) is 18.3 Å². The molecule has 1 aromatic carbocycles. The van der Waals surface area contributed by atoms with Crippen LogP contribution in [-0.4, -0.2) is 15.9 Å². The molecule has 1 heterocycles. The number of oxazole rings is 1. The van der Waals surface area contributed by atoms with Crippen molar-refractivity contribution in [1.82, 2.24) is 10.3 Å². The maximum Gasteiger partial charge on any atom is 0.308 e. The van der Waals surface area contributed by atoms with Crippen molar-refractivity contribution in [3.63, 3.8) is 0 Å². The number of nitro benzene ring substituents is 1. The molecule has 0 unspecified atom stereocenters. The van der Waals surface area contributed by atoms with Crippen molar-refractivity contribution >= 4 is 5.69 Å². The lowest BCUT2D eigenvalue weighted by Gasteiger charge is -2.04. The smallest absolute Gasteiger partial charge is 0.308 e. The molecule has 0 saturated heterocycles. The number of hydrogen-bond acceptors (Lipinski definition) is 5. The molecular weight excluding hydrogens is 284 g/mol. The third-order valence-corrected chi connectivity index (χ3v) is 2.69. The van der Waals surface area contributed by atoms with Crippen molar-refractivity contribution in [2.45, 2.75) is 26.4 Å². The van der Waals surface area contributed by atoms with E-state index >= 15 is 0 Å². The first kappa shape index (κ1) is 15.0. The zero-order chi connectivity index (χ0) is 15.6. The lowest BCUT2D eigenvalue weighted by Crippen LogP contribution is -2.21. The number of nitrogens with one attached hydrogen (secondary N) is 1. The predicted octanol–water partition coefficient (Wildman–Crippen LogP) is 3.03. The molecule has 1 N–H and O–H groups in total. The average molecular weight is 297 g/mol. The van der Waals surface area contributed by atoms with E-state index in [1.54, 1.807) is 0 Å². The van der Waals surface area contributed by atoms with Gasteiger partial charge in [-0.25, -0.2) is 9.37 Å². The summed E-state index contributed by atoms with van der Waals surface area (Å²) in [5.74, 6) is -2.31. The molecule has 2 aromatic rings. The highest BCUT2D eigenvalue weighted by Crippen LogP contribution is 2.29. The Morgan fingerprint density at radius 2 is 2.14 bits per heavy atom. The van der Waals surface area contributed by atoms with Crippen LogP contribution in [0.1, 0.15) is 19.5 Å². The van der Waals surface area contributed by atoms with Crippen LogP contribution in [0.4, 0.5) is 14.5 Å². The highest BCUT2D eigenvalue weighted by Gasteiger charge is 2.23. The molecule has 0 aliphatic carbocycles. The van der Waals surface area contributed by atoms with Crippen LogP contribution in [0.5, 0.6) is 0 Å². The van der Waals surface area contributed by atoms with Crippen LogP contribution in [0.15, 0.2) is 22.8 Å². The Morgan fingerprint density at radius 1 is 1.43 bits per heavy atom. The van der Waals surface area contributed by atoms with Gasteiger partial charge >= 0.3 is 5.69 Å². The number of hydrogen-bond donors (Lipinski definition) is 1. The van der Waals surface area contributed by atoms with Crippen molar-refractivity contribution < 1.29 is 18.1 Å². The fraction of sp³-hybridized carbons (Fsp3) is 0.308. The maximum atomic E-state index is 14.0. The van der Waals surface area contributed by atoms with Gasteiger partial charge in [0.25, 0.3) is 0 Å². The van der Waals surface area contributed by atoms with Gasteiger partial charge in [0.05, 0.1) is 22.2 Å². The number of nitrogens with zero attached hydrogens (tertiary/aromatic N) is 2. The van der Waals surface area contributed by atoms with E-state index in [9.17, 15) is 18.9 Å². The summed E-state index contributed by atoms with van der Waals surface area (Å²) in [4.78, 5) is 13.7. The SMILES string of the molecule is CC(C)NCc1coc(-c2cc(F)cc([N+](=O)[O-])c2F)n1. The molecule has 0 radical (unpaired) electrons. The third-order valence-electron chi connectivity index (χ3n) is 2.69. The molecule has 2 rings (SSSR count). The monoisotopic (exact) mass is 297 g/mol. The van der Waals surface area contributed by atoms with Crippen LogP contribution in [0.2, 0.25) is 0 Å². The minimum atomic E-state index is -1.17. The molecule has 8 heteroatoms. The lowest BCUT2D eigenvalue weighted by atomic mass is 10.1. The van der Waals surface area contributed by atoms with Gasteiger partial charge in [-0.1, -0.05) is 13.8 Å². The van der Waals surface area contributed by atoms with Crippen molar-refractivity contribution in [3.8, 4) is 11.5 Å².